The summed E-state index contributed by atoms with van der Waals surface area (Å²) in [6.45, 7) is 5.12. The minimum absolute atomic E-state index is 0.399. The van der Waals surface area contributed by atoms with Crippen molar-refractivity contribution in [1.29, 1.82) is 0 Å². The van der Waals surface area contributed by atoms with E-state index < -0.39 is 11.4 Å². The maximum absolute atomic E-state index is 11.1. The molecule has 0 aromatic rings. The highest BCUT2D eigenvalue weighted by Crippen LogP contribution is 2.29. The van der Waals surface area contributed by atoms with Gasteiger partial charge in [-0.1, -0.05) is 13.3 Å². The lowest BCUT2D eigenvalue weighted by atomic mass is 9.84. The fourth-order valence-corrected chi connectivity index (χ4v) is 3.15. The number of unbranched alkanes of at least 4 members (excludes halogenated alkanes) is 1. The minimum atomic E-state index is -0.849. The van der Waals surface area contributed by atoms with E-state index in [4.69, 9.17) is 11.5 Å². The Bertz CT molecular complexity index is 296. The first-order valence-electron chi connectivity index (χ1n) is 8.16. The number of primary amides is 1. The number of nitrogens with two attached hydrogens (primary N) is 2. The zero-order valence-corrected chi connectivity index (χ0v) is 13.5. The van der Waals surface area contributed by atoms with E-state index in [1.165, 1.54) is 32.1 Å². The molecule has 0 heterocycles. The van der Waals surface area contributed by atoms with E-state index in [9.17, 15) is 4.79 Å². The maximum Gasteiger partial charge on any atom is 0.237 e. The zero-order valence-electron chi connectivity index (χ0n) is 13.5. The van der Waals surface area contributed by atoms with Gasteiger partial charge in [-0.25, -0.2) is 0 Å². The number of carbonyl (C=O) groups is 1. The van der Waals surface area contributed by atoms with Gasteiger partial charge >= 0.3 is 0 Å². The second-order valence-electron chi connectivity index (χ2n) is 6.80. The van der Waals surface area contributed by atoms with Crippen molar-refractivity contribution in [3.63, 3.8) is 0 Å². The van der Waals surface area contributed by atoms with Crippen molar-refractivity contribution in [2.75, 3.05) is 13.6 Å². The molecule has 0 saturated heterocycles. The van der Waals surface area contributed by atoms with Crippen molar-refractivity contribution in [3.05, 3.63) is 0 Å². The maximum atomic E-state index is 11.1. The lowest BCUT2D eigenvalue weighted by Crippen LogP contribution is -2.49. The molecule has 1 amide bonds. The van der Waals surface area contributed by atoms with E-state index in [1.54, 1.807) is 6.92 Å². The van der Waals surface area contributed by atoms with Crippen LogP contribution in [0.5, 0.6) is 0 Å². The van der Waals surface area contributed by atoms with Crippen molar-refractivity contribution in [3.8, 4) is 0 Å². The second kappa shape index (κ2) is 7.99. The molecule has 1 unspecified atom stereocenters. The fourth-order valence-electron chi connectivity index (χ4n) is 3.15. The van der Waals surface area contributed by atoms with E-state index in [2.05, 4.69) is 18.9 Å². The molecule has 1 atom stereocenters. The van der Waals surface area contributed by atoms with Crippen LogP contribution in [0.1, 0.15) is 65.2 Å². The molecule has 0 aromatic heterocycles. The summed E-state index contributed by atoms with van der Waals surface area (Å²) >= 11 is 0. The van der Waals surface area contributed by atoms with Gasteiger partial charge in [-0.15, -0.1) is 0 Å². The Morgan fingerprint density at radius 1 is 1.25 bits per heavy atom. The quantitative estimate of drug-likeness (QED) is 0.671. The van der Waals surface area contributed by atoms with Crippen molar-refractivity contribution >= 4 is 5.91 Å². The molecule has 1 fully saturated rings. The largest absolute Gasteiger partial charge is 0.368 e. The monoisotopic (exact) mass is 283 g/mol. The number of hydrogen-bond acceptors (Lipinski definition) is 3. The summed E-state index contributed by atoms with van der Waals surface area (Å²) in [5.74, 6) is 0.553. The Kier molecular flexibility index (Phi) is 6.96. The van der Waals surface area contributed by atoms with E-state index in [0.29, 0.717) is 6.42 Å². The van der Waals surface area contributed by atoms with Gasteiger partial charge in [0, 0.05) is 6.04 Å². The third kappa shape index (κ3) is 5.41. The molecule has 1 saturated carbocycles. The van der Waals surface area contributed by atoms with Crippen molar-refractivity contribution in [2.45, 2.75) is 76.8 Å². The zero-order chi connectivity index (χ0) is 15.2. The summed E-state index contributed by atoms with van der Waals surface area (Å²) in [7, 11) is 2.23. The van der Waals surface area contributed by atoms with Crippen LogP contribution >= 0.6 is 0 Å². The Morgan fingerprint density at radius 3 is 2.35 bits per heavy atom. The first kappa shape index (κ1) is 17.4. The lowest BCUT2D eigenvalue weighted by Gasteiger charge is -2.34. The van der Waals surface area contributed by atoms with Gasteiger partial charge in [-0.3, -0.25) is 4.79 Å². The Morgan fingerprint density at radius 2 is 1.85 bits per heavy atom. The minimum Gasteiger partial charge on any atom is -0.368 e. The summed E-state index contributed by atoms with van der Waals surface area (Å²) in [4.78, 5) is 13.6. The van der Waals surface area contributed by atoms with Crippen LogP contribution in [-0.2, 0) is 4.79 Å². The molecular formula is C16H33N3O. The predicted octanol–water partition coefficient (Wildman–Crippen LogP) is 2.26. The van der Waals surface area contributed by atoms with Crippen LogP contribution in [0.25, 0.3) is 0 Å². The third-order valence-electron chi connectivity index (χ3n) is 5.04. The number of carbonyl (C=O) groups excluding carboxylic acids is 1. The predicted molar refractivity (Wildman–Crippen MR) is 84.3 cm³/mol. The SMILES string of the molecule is CCC1CCC(N(C)CCCCC(C)(N)C(N)=O)CC1. The Balaban J connectivity index is 2.18. The molecule has 0 bridgehead atoms. The summed E-state index contributed by atoms with van der Waals surface area (Å²) in [6.07, 6.45) is 9.50. The summed E-state index contributed by atoms with van der Waals surface area (Å²) in [5.41, 5.74) is 10.3. The van der Waals surface area contributed by atoms with Gasteiger partial charge in [0.05, 0.1) is 5.54 Å². The van der Waals surface area contributed by atoms with Crippen LogP contribution in [0.4, 0.5) is 0 Å². The van der Waals surface area contributed by atoms with E-state index in [0.717, 1.165) is 31.3 Å². The van der Waals surface area contributed by atoms with Gasteiger partial charge in [0.1, 0.15) is 0 Å². The van der Waals surface area contributed by atoms with Gasteiger partial charge < -0.3 is 16.4 Å². The highest BCUT2D eigenvalue weighted by atomic mass is 16.1. The van der Waals surface area contributed by atoms with Crippen LogP contribution in [0.2, 0.25) is 0 Å². The molecule has 0 aromatic carbocycles. The fraction of sp³-hybridized carbons (Fsp3) is 0.938. The molecule has 20 heavy (non-hydrogen) atoms. The van der Waals surface area contributed by atoms with Gasteiger partial charge in [-0.05, 0) is 71.4 Å². The molecule has 118 valence electrons. The third-order valence-corrected chi connectivity index (χ3v) is 5.04. The summed E-state index contributed by atoms with van der Waals surface area (Å²) < 4.78 is 0. The number of rotatable bonds is 8. The van der Waals surface area contributed by atoms with Crippen molar-refractivity contribution in [2.24, 2.45) is 17.4 Å². The molecule has 0 radical (unpaired) electrons. The Hall–Kier alpha value is -0.610. The number of hydrogen-bond donors (Lipinski definition) is 2. The van der Waals surface area contributed by atoms with Crippen LogP contribution in [0.15, 0.2) is 0 Å². The van der Waals surface area contributed by atoms with E-state index in [1.807, 2.05) is 0 Å². The van der Waals surface area contributed by atoms with Gasteiger partial charge in [0.25, 0.3) is 0 Å². The molecule has 1 rings (SSSR count). The van der Waals surface area contributed by atoms with Crippen LogP contribution in [0, 0.1) is 5.92 Å². The molecule has 4 N–H and O–H groups in total. The standard InChI is InChI=1S/C16H33N3O/c1-4-13-7-9-14(10-8-13)19(3)12-6-5-11-16(2,18)15(17)20/h13-14H,4-12,18H2,1-3H3,(H2,17,20). The van der Waals surface area contributed by atoms with Crippen molar-refractivity contribution in [1.82, 2.24) is 4.90 Å². The molecule has 1 aliphatic carbocycles. The summed E-state index contributed by atoms with van der Waals surface area (Å²) in [5, 5.41) is 0. The van der Waals surface area contributed by atoms with Gasteiger partial charge in [0.15, 0.2) is 0 Å². The first-order chi connectivity index (χ1) is 9.36. The molecule has 4 nitrogen and oxygen atoms in total. The normalized spacial score (nSPS) is 26.4. The molecule has 1 aliphatic rings. The van der Waals surface area contributed by atoms with Crippen LogP contribution < -0.4 is 11.5 Å². The molecule has 0 spiro atoms. The molecular weight excluding hydrogens is 250 g/mol. The average molecular weight is 283 g/mol. The average Bonchev–Trinajstić information content (AvgIpc) is 2.43. The smallest absolute Gasteiger partial charge is 0.237 e. The molecule has 4 heteroatoms. The van der Waals surface area contributed by atoms with E-state index >= 15 is 0 Å². The lowest BCUT2D eigenvalue weighted by molar-refractivity contribution is -0.122. The highest BCUT2D eigenvalue weighted by Gasteiger charge is 2.25. The van der Waals surface area contributed by atoms with Gasteiger partial charge in [0.2, 0.25) is 5.91 Å². The van der Waals surface area contributed by atoms with Crippen LogP contribution in [0.3, 0.4) is 0 Å². The number of amides is 1. The highest BCUT2D eigenvalue weighted by molar-refractivity contribution is 5.83. The van der Waals surface area contributed by atoms with Gasteiger partial charge in [-0.2, -0.15) is 0 Å². The van der Waals surface area contributed by atoms with Crippen molar-refractivity contribution < 1.29 is 4.79 Å². The first-order valence-corrected chi connectivity index (χ1v) is 8.16. The summed E-state index contributed by atoms with van der Waals surface area (Å²) in [6, 6.07) is 0.748. The van der Waals surface area contributed by atoms with E-state index in [-0.39, 0.29) is 0 Å². The molecule has 0 aliphatic heterocycles. The second-order valence-corrected chi connectivity index (χ2v) is 6.80. The topological polar surface area (TPSA) is 72.3 Å². The Labute approximate surface area is 124 Å². The number of nitrogens with zero attached hydrogens (tertiary/aromatic N) is 1. The van der Waals surface area contributed by atoms with Crippen LogP contribution in [-0.4, -0.2) is 36.0 Å².